The highest BCUT2D eigenvalue weighted by molar-refractivity contribution is 6.32. The third kappa shape index (κ3) is 3.14. The van der Waals surface area contributed by atoms with Crippen LogP contribution in [0.25, 0.3) is 0 Å². The Morgan fingerprint density at radius 2 is 2.40 bits per heavy atom. The second-order valence-corrected chi connectivity index (χ2v) is 3.35. The number of carbonyl (C=O) groups is 1. The Labute approximate surface area is 92.5 Å². The summed E-state index contributed by atoms with van der Waals surface area (Å²) in [6, 6.07) is 0. The van der Waals surface area contributed by atoms with Crippen LogP contribution in [0.4, 0.5) is 5.82 Å². The van der Waals surface area contributed by atoms with E-state index in [0.29, 0.717) is 25.1 Å². The lowest BCUT2D eigenvalue weighted by Crippen LogP contribution is -2.19. The standard InChI is InChI=1S/C9H12ClN3O2/c1-2-6(15)3-11-9-7(4-14)8(10)12-5-13-9/h4-6,15H,2-3H2,1H3,(H,11,12,13). The fourth-order valence-electron chi connectivity index (χ4n) is 0.978. The van der Waals surface area contributed by atoms with Gasteiger partial charge in [0.15, 0.2) is 6.29 Å². The summed E-state index contributed by atoms with van der Waals surface area (Å²) in [5.41, 5.74) is 0.211. The van der Waals surface area contributed by atoms with Crippen molar-refractivity contribution >= 4 is 23.7 Å². The Morgan fingerprint density at radius 1 is 1.67 bits per heavy atom. The van der Waals surface area contributed by atoms with Crippen LogP contribution in [-0.4, -0.2) is 34.0 Å². The predicted molar refractivity (Wildman–Crippen MR) is 57.2 cm³/mol. The van der Waals surface area contributed by atoms with Crippen LogP contribution in [0.15, 0.2) is 6.33 Å². The van der Waals surface area contributed by atoms with Crippen LogP contribution < -0.4 is 5.32 Å². The van der Waals surface area contributed by atoms with Gasteiger partial charge in [0.1, 0.15) is 17.3 Å². The number of aldehydes is 1. The summed E-state index contributed by atoms with van der Waals surface area (Å²) in [7, 11) is 0. The molecule has 5 nitrogen and oxygen atoms in total. The second kappa shape index (κ2) is 5.63. The van der Waals surface area contributed by atoms with E-state index in [0.717, 1.165) is 0 Å². The van der Waals surface area contributed by atoms with Crippen molar-refractivity contribution in [3.63, 3.8) is 0 Å². The lowest BCUT2D eigenvalue weighted by atomic mass is 10.2. The molecule has 0 spiro atoms. The number of halogens is 1. The van der Waals surface area contributed by atoms with Crippen LogP contribution in [0.3, 0.4) is 0 Å². The molecule has 0 aliphatic carbocycles. The molecule has 0 aliphatic heterocycles. The molecule has 1 unspecified atom stereocenters. The van der Waals surface area contributed by atoms with Crippen molar-refractivity contribution < 1.29 is 9.90 Å². The highest BCUT2D eigenvalue weighted by Crippen LogP contribution is 2.16. The number of rotatable bonds is 5. The Bertz CT molecular complexity index is 346. The maximum absolute atomic E-state index is 10.7. The van der Waals surface area contributed by atoms with Crippen LogP contribution in [0.1, 0.15) is 23.7 Å². The number of hydrogen-bond acceptors (Lipinski definition) is 5. The zero-order valence-electron chi connectivity index (χ0n) is 8.27. The number of nitrogens with one attached hydrogen (secondary N) is 1. The molecular weight excluding hydrogens is 218 g/mol. The molecule has 0 amide bonds. The smallest absolute Gasteiger partial charge is 0.156 e. The highest BCUT2D eigenvalue weighted by Gasteiger charge is 2.09. The summed E-state index contributed by atoms with van der Waals surface area (Å²) in [6.07, 6.45) is 2.00. The van der Waals surface area contributed by atoms with E-state index in [1.807, 2.05) is 6.92 Å². The van der Waals surface area contributed by atoms with Gasteiger partial charge in [-0.05, 0) is 6.42 Å². The molecule has 15 heavy (non-hydrogen) atoms. The molecule has 0 aliphatic rings. The maximum Gasteiger partial charge on any atom is 0.156 e. The molecule has 0 bridgehead atoms. The molecule has 0 saturated heterocycles. The first-order valence-corrected chi connectivity index (χ1v) is 4.94. The van der Waals surface area contributed by atoms with Gasteiger partial charge in [0.25, 0.3) is 0 Å². The van der Waals surface area contributed by atoms with Gasteiger partial charge in [0, 0.05) is 6.54 Å². The zero-order valence-corrected chi connectivity index (χ0v) is 9.03. The second-order valence-electron chi connectivity index (χ2n) is 2.99. The number of aliphatic hydroxyl groups is 1. The van der Waals surface area contributed by atoms with Gasteiger partial charge in [-0.3, -0.25) is 4.79 Å². The maximum atomic E-state index is 10.7. The minimum absolute atomic E-state index is 0.105. The molecule has 1 rings (SSSR count). The van der Waals surface area contributed by atoms with Crippen LogP contribution in [0, 0.1) is 0 Å². The molecule has 0 aromatic carbocycles. The lowest BCUT2D eigenvalue weighted by Gasteiger charge is -2.11. The predicted octanol–water partition coefficient (Wildman–Crippen LogP) is 1.13. The number of aliphatic hydroxyl groups excluding tert-OH is 1. The lowest BCUT2D eigenvalue weighted by molar-refractivity contribution is 0.112. The van der Waals surface area contributed by atoms with Crippen LogP contribution in [-0.2, 0) is 0 Å². The Morgan fingerprint density at radius 3 is 3.00 bits per heavy atom. The van der Waals surface area contributed by atoms with Gasteiger partial charge in [-0.1, -0.05) is 18.5 Å². The van der Waals surface area contributed by atoms with Gasteiger partial charge in [-0.25, -0.2) is 9.97 Å². The van der Waals surface area contributed by atoms with Gasteiger partial charge < -0.3 is 10.4 Å². The summed E-state index contributed by atoms with van der Waals surface area (Å²) < 4.78 is 0. The summed E-state index contributed by atoms with van der Waals surface area (Å²) in [4.78, 5) is 18.2. The molecule has 0 saturated carbocycles. The molecule has 1 atom stereocenters. The summed E-state index contributed by atoms with van der Waals surface area (Å²) in [6.45, 7) is 2.19. The van der Waals surface area contributed by atoms with E-state index in [4.69, 9.17) is 11.6 Å². The number of aromatic nitrogens is 2. The number of hydrogen-bond donors (Lipinski definition) is 2. The molecule has 6 heteroatoms. The van der Waals surface area contributed by atoms with Gasteiger partial charge in [0.05, 0.1) is 11.7 Å². The first-order chi connectivity index (χ1) is 7.19. The Hall–Kier alpha value is -1.20. The minimum atomic E-state index is -0.474. The van der Waals surface area contributed by atoms with Gasteiger partial charge in [-0.2, -0.15) is 0 Å². The first-order valence-electron chi connectivity index (χ1n) is 4.56. The third-order valence-electron chi connectivity index (χ3n) is 1.93. The van der Waals surface area contributed by atoms with Crippen molar-refractivity contribution in [1.82, 2.24) is 9.97 Å². The Balaban J connectivity index is 2.76. The average Bonchev–Trinajstić information content (AvgIpc) is 2.25. The van der Waals surface area contributed by atoms with E-state index in [1.54, 1.807) is 0 Å². The SMILES string of the molecule is CCC(O)CNc1ncnc(Cl)c1C=O. The molecule has 1 aromatic heterocycles. The number of carbonyl (C=O) groups excluding carboxylic acids is 1. The fraction of sp³-hybridized carbons (Fsp3) is 0.444. The Kier molecular flexibility index (Phi) is 4.45. The van der Waals surface area contributed by atoms with E-state index in [2.05, 4.69) is 15.3 Å². The normalized spacial score (nSPS) is 12.2. The van der Waals surface area contributed by atoms with E-state index >= 15 is 0 Å². The molecular formula is C9H12ClN3O2. The summed E-state index contributed by atoms with van der Waals surface area (Å²) >= 11 is 5.69. The van der Waals surface area contributed by atoms with E-state index in [-0.39, 0.29) is 10.7 Å². The van der Waals surface area contributed by atoms with Crippen molar-refractivity contribution in [2.24, 2.45) is 0 Å². The fourth-order valence-corrected chi connectivity index (χ4v) is 1.16. The first kappa shape index (κ1) is 11.9. The molecule has 1 aromatic rings. The average molecular weight is 230 g/mol. The van der Waals surface area contributed by atoms with Crippen molar-refractivity contribution in [3.8, 4) is 0 Å². The monoisotopic (exact) mass is 229 g/mol. The highest BCUT2D eigenvalue weighted by atomic mass is 35.5. The van der Waals surface area contributed by atoms with E-state index < -0.39 is 6.10 Å². The molecule has 2 N–H and O–H groups in total. The van der Waals surface area contributed by atoms with Crippen LogP contribution in [0.2, 0.25) is 5.15 Å². The van der Waals surface area contributed by atoms with Gasteiger partial charge in [0.2, 0.25) is 0 Å². The molecule has 1 heterocycles. The van der Waals surface area contributed by atoms with E-state index in [9.17, 15) is 9.90 Å². The quantitative estimate of drug-likeness (QED) is 0.585. The largest absolute Gasteiger partial charge is 0.391 e. The third-order valence-corrected chi connectivity index (χ3v) is 2.23. The van der Waals surface area contributed by atoms with E-state index in [1.165, 1.54) is 6.33 Å². The van der Waals surface area contributed by atoms with Gasteiger partial charge in [-0.15, -0.1) is 0 Å². The number of anilines is 1. The number of nitrogens with zero attached hydrogens (tertiary/aromatic N) is 2. The molecule has 0 radical (unpaired) electrons. The minimum Gasteiger partial charge on any atom is -0.391 e. The van der Waals surface area contributed by atoms with Crippen molar-refractivity contribution in [2.75, 3.05) is 11.9 Å². The van der Waals surface area contributed by atoms with Crippen LogP contribution in [0.5, 0.6) is 0 Å². The summed E-state index contributed by atoms with van der Waals surface area (Å²) in [5.74, 6) is 0.345. The molecule has 0 fully saturated rings. The van der Waals surface area contributed by atoms with Gasteiger partial charge >= 0.3 is 0 Å². The van der Waals surface area contributed by atoms with Crippen molar-refractivity contribution in [2.45, 2.75) is 19.4 Å². The summed E-state index contributed by atoms with van der Waals surface area (Å²) in [5, 5.41) is 12.3. The molecule has 82 valence electrons. The van der Waals surface area contributed by atoms with Crippen LogP contribution >= 0.6 is 11.6 Å². The van der Waals surface area contributed by atoms with Crippen molar-refractivity contribution in [1.29, 1.82) is 0 Å². The topological polar surface area (TPSA) is 75.1 Å². The zero-order chi connectivity index (χ0) is 11.3. The van der Waals surface area contributed by atoms with Crippen molar-refractivity contribution in [3.05, 3.63) is 17.0 Å².